The van der Waals surface area contributed by atoms with E-state index in [0.29, 0.717) is 11.4 Å². The van der Waals surface area contributed by atoms with Crippen LogP contribution in [0.5, 0.6) is 0 Å². The van der Waals surface area contributed by atoms with Crippen LogP contribution in [0.2, 0.25) is 0 Å². The zero-order valence-electron chi connectivity index (χ0n) is 12.8. The molecule has 0 aliphatic carbocycles. The first-order valence-corrected chi connectivity index (χ1v) is 8.47. The quantitative estimate of drug-likeness (QED) is 0.612. The number of ether oxygens (including phenoxy) is 1. The molecule has 6 nitrogen and oxygen atoms in total. The Labute approximate surface area is 125 Å². The van der Waals surface area contributed by atoms with Gasteiger partial charge in [0, 0.05) is 24.2 Å². The van der Waals surface area contributed by atoms with E-state index in [-0.39, 0.29) is 18.7 Å². The van der Waals surface area contributed by atoms with Gasteiger partial charge in [-0.2, -0.15) is 0 Å². The molecular formula is C14H22N2O4S. The lowest BCUT2D eigenvalue weighted by molar-refractivity contribution is 0.0527. The van der Waals surface area contributed by atoms with Gasteiger partial charge in [0.1, 0.15) is 0 Å². The summed E-state index contributed by atoms with van der Waals surface area (Å²) in [4.78, 5) is 11.8. The van der Waals surface area contributed by atoms with Gasteiger partial charge >= 0.3 is 5.97 Å². The number of nitrogens with one attached hydrogen (secondary N) is 1. The molecule has 0 fully saturated rings. The first kappa shape index (κ1) is 17.3. The average Bonchev–Trinajstić information content (AvgIpc) is 2.36. The molecule has 1 aromatic rings. The minimum Gasteiger partial charge on any atom is -0.462 e. The van der Waals surface area contributed by atoms with Gasteiger partial charge in [-0.3, -0.25) is 0 Å². The van der Waals surface area contributed by atoms with Gasteiger partial charge in [0.2, 0.25) is 0 Å². The number of carbonyl (C=O) groups is 1. The lowest BCUT2D eigenvalue weighted by atomic mass is 10.1. The van der Waals surface area contributed by atoms with E-state index in [1.165, 1.54) is 6.26 Å². The van der Waals surface area contributed by atoms with Crippen molar-refractivity contribution in [2.24, 2.45) is 0 Å². The topological polar surface area (TPSA) is 98.5 Å². The number of benzene rings is 1. The fourth-order valence-corrected chi connectivity index (χ4v) is 1.83. The number of nitrogen functional groups attached to an aromatic ring is 1. The maximum absolute atomic E-state index is 11.8. The van der Waals surface area contributed by atoms with Crippen LogP contribution < -0.4 is 11.1 Å². The summed E-state index contributed by atoms with van der Waals surface area (Å²) >= 11 is 0. The molecule has 21 heavy (non-hydrogen) atoms. The van der Waals surface area contributed by atoms with Crippen molar-refractivity contribution in [2.75, 3.05) is 30.5 Å². The van der Waals surface area contributed by atoms with Crippen molar-refractivity contribution in [1.82, 2.24) is 0 Å². The van der Waals surface area contributed by atoms with Crippen LogP contribution in [0.15, 0.2) is 18.2 Å². The summed E-state index contributed by atoms with van der Waals surface area (Å²) < 4.78 is 27.3. The van der Waals surface area contributed by atoms with Gasteiger partial charge in [-0.25, -0.2) is 13.2 Å². The highest BCUT2D eigenvalue weighted by Gasteiger charge is 2.29. The highest BCUT2D eigenvalue weighted by Crippen LogP contribution is 2.21. The van der Waals surface area contributed by atoms with Crippen molar-refractivity contribution in [3.8, 4) is 0 Å². The van der Waals surface area contributed by atoms with Crippen LogP contribution in [0, 0.1) is 0 Å². The molecule has 0 amide bonds. The summed E-state index contributed by atoms with van der Waals surface area (Å²) in [6.45, 7) is 5.47. The molecule has 3 N–H and O–H groups in total. The minimum atomic E-state index is -3.19. The third-order valence-electron chi connectivity index (χ3n) is 3.27. The van der Waals surface area contributed by atoms with Gasteiger partial charge in [0.05, 0.1) is 16.9 Å². The zero-order valence-corrected chi connectivity index (χ0v) is 13.6. The lowest BCUT2D eigenvalue weighted by Gasteiger charge is -2.23. The molecule has 1 aromatic carbocycles. The zero-order chi connectivity index (χ0) is 16.3. The van der Waals surface area contributed by atoms with E-state index < -0.39 is 20.6 Å². The molecule has 0 bridgehead atoms. The van der Waals surface area contributed by atoms with Crippen molar-refractivity contribution in [2.45, 2.75) is 25.5 Å². The summed E-state index contributed by atoms with van der Waals surface area (Å²) in [6, 6.07) is 4.84. The summed E-state index contributed by atoms with van der Waals surface area (Å²) in [6.07, 6.45) is 1.20. The predicted octanol–water partition coefficient (Wildman–Crippen LogP) is 1.68. The second-order valence-electron chi connectivity index (χ2n) is 5.41. The molecule has 0 atom stereocenters. The number of carbonyl (C=O) groups excluding carboxylic acids is 1. The number of nitrogens with two attached hydrogens (primary N) is 1. The molecule has 0 saturated heterocycles. The highest BCUT2D eigenvalue weighted by molar-refractivity contribution is 7.92. The normalized spacial score (nSPS) is 12.0. The van der Waals surface area contributed by atoms with Gasteiger partial charge < -0.3 is 15.8 Å². The summed E-state index contributed by atoms with van der Waals surface area (Å²) in [5.41, 5.74) is 6.95. The molecule has 1 rings (SSSR count). The smallest absolute Gasteiger partial charge is 0.340 e. The van der Waals surface area contributed by atoms with E-state index in [0.717, 1.165) is 0 Å². The first-order valence-electron chi connectivity index (χ1n) is 6.58. The third kappa shape index (κ3) is 4.35. The summed E-state index contributed by atoms with van der Waals surface area (Å²) in [7, 11) is -3.19. The fraction of sp³-hybridized carbons (Fsp3) is 0.500. The molecule has 0 aliphatic heterocycles. The van der Waals surface area contributed by atoms with E-state index >= 15 is 0 Å². The molecule has 7 heteroatoms. The number of sulfone groups is 1. The van der Waals surface area contributed by atoms with Gasteiger partial charge in [0.15, 0.2) is 9.84 Å². The monoisotopic (exact) mass is 314 g/mol. The Bertz CT molecular complexity index is 624. The van der Waals surface area contributed by atoms with Crippen LogP contribution in [0.1, 0.15) is 31.1 Å². The van der Waals surface area contributed by atoms with Crippen molar-refractivity contribution >= 4 is 27.2 Å². The molecule has 0 spiro atoms. The highest BCUT2D eigenvalue weighted by atomic mass is 32.2. The molecular weight excluding hydrogens is 292 g/mol. The SMILES string of the molecule is CCOC(=O)c1cc(NCC(C)(C)S(C)(=O)=O)ccc1N. The Morgan fingerprint density at radius 2 is 2.00 bits per heavy atom. The van der Waals surface area contributed by atoms with E-state index in [2.05, 4.69) is 5.32 Å². The molecule has 0 saturated carbocycles. The van der Waals surface area contributed by atoms with Crippen LogP contribution in [0.4, 0.5) is 11.4 Å². The van der Waals surface area contributed by atoms with Crippen molar-refractivity contribution < 1.29 is 17.9 Å². The van der Waals surface area contributed by atoms with Crippen molar-refractivity contribution in [3.05, 3.63) is 23.8 Å². The van der Waals surface area contributed by atoms with E-state index in [1.54, 1.807) is 39.0 Å². The van der Waals surface area contributed by atoms with Crippen LogP contribution in [0.3, 0.4) is 0 Å². The molecule has 0 aromatic heterocycles. The Morgan fingerprint density at radius 3 is 2.52 bits per heavy atom. The number of hydrogen-bond acceptors (Lipinski definition) is 6. The lowest BCUT2D eigenvalue weighted by Crippen LogP contribution is -2.38. The molecule has 0 aliphatic rings. The Hall–Kier alpha value is -1.76. The first-order chi connectivity index (χ1) is 9.58. The Morgan fingerprint density at radius 1 is 1.38 bits per heavy atom. The summed E-state index contributed by atoms with van der Waals surface area (Å²) in [5.74, 6) is -0.499. The van der Waals surface area contributed by atoms with E-state index in [4.69, 9.17) is 10.5 Å². The standard InChI is InChI=1S/C14H22N2O4S/c1-5-20-13(17)11-8-10(6-7-12(11)15)16-9-14(2,3)21(4,18)19/h6-8,16H,5,9,15H2,1-4H3. The van der Waals surface area contributed by atoms with Crippen molar-refractivity contribution in [1.29, 1.82) is 0 Å². The fourth-order valence-electron chi connectivity index (χ4n) is 1.50. The molecule has 118 valence electrons. The number of esters is 1. The van der Waals surface area contributed by atoms with Gasteiger partial charge in [0.25, 0.3) is 0 Å². The average molecular weight is 314 g/mol. The van der Waals surface area contributed by atoms with Gasteiger partial charge in [-0.1, -0.05) is 0 Å². The summed E-state index contributed by atoms with van der Waals surface area (Å²) in [5, 5.41) is 3.01. The predicted molar refractivity (Wildman–Crippen MR) is 84.2 cm³/mol. The third-order valence-corrected chi connectivity index (χ3v) is 5.42. The van der Waals surface area contributed by atoms with Crippen LogP contribution in [-0.2, 0) is 14.6 Å². The van der Waals surface area contributed by atoms with Crippen LogP contribution in [-0.4, -0.2) is 38.5 Å². The number of anilines is 2. The van der Waals surface area contributed by atoms with Crippen LogP contribution in [0.25, 0.3) is 0 Å². The molecule has 0 radical (unpaired) electrons. The maximum atomic E-state index is 11.8. The second kappa shape index (κ2) is 6.34. The second-order valence-corrected chi connectivity index (χ2v) is 8.06. The van der Waals surface area contributed by atoms with Crippen molar-refractivity contribution in [3.63, 3.8) is 0 Å². The molecule has 0 unspecified atom stereocenters. The molecule has 0 heterocycles. The van der Waals surface area contributed by atoms with Crippen LogP contribution >= 0.6 is 0 Å². The van der Waals surface area contributed by atoms with Gasteiger partial charge in [-0.15, -0.1) is 0 Å². The van der Waals surface area contributed by atoms with E-state index in [9.17, 15) is 13.2 Å². The largest absolute Gasteiger partial charge is 0.462 e. The Kier molecular flexibility index (Phi) is 5.22. The number of rotatable bonds is 6. The van der Waals surface area contributed by atoms with E-state index in [1.807, 2.05) is 0 Å². The van der Waals surface area contributed by atoms with Gasteiger partial charge in [-0.05, 0) is 39.0 Å². The minimum absolute atomic E-state index is 0.220. The maximum Gasteiger partial charge on any atom is 0.340 e. The Balaban J connectivity index is 2.92. The number of hydrogen-bond donors (Lipinski definition) is 2.